The highest BCUT2D eigenvalue weighted by atomic mass is 35.5. The van der Waals surface area contributed by atoms with Gasteiger partial charge in [-0.1, -0.05) is 54.1 Å². The minimum atomic E-state index is -1.51. The summed E-state index contributed by atoms with van der Waals surface area (Å²) < 4.78 is 5.11. The Bertz CT molecular complexity index is 859. The van der Waals surface area contributed by atoms with E-state index in [2.05, 4.69) is 6.07 Å². The second-order valence-corrected chi connectivity index (χ2v) is 6.38. The normalized spacial score (nSPS) is 24.2. The fraction of sp³-hybridized carbons (Fsp3) is 0.250. The number of carbonyl (C=O) groups is 2. The Morgan fingerprint density at radius 1 is 1.20 bits per heavy atom. The Kier molecular flexibility index (Phi) is 4.61. The molecule has 2 aromatic carbocycles. The lowest BCUT2D eigenvalue weighted by Crippen LogP contribution is -2.23. The van der Waals surface area contributed by atoms with Crippen LogP contribution in [0.2, 0.25) is 5.02 Å². The molecule has 0 bridgehead atoms. The molecule has 126 valence electrons. The van der Waals surface area contributed by atoms with E-state index in [9.17, 15) is 14.9 Å². The van der Waals surface area contributed by atoms with E-state index in [-0.39, 0.29) is 12.4 Å². The zero-order chi connectivity index (χ0) is 18.0. The number of hydrogen-bond acceptors (Lipinski definition) is 4. The summed E-state index contributed by atoms with van der Waals surface area (Å²) >= 11 is 6.05. The number of benzene rings is 2. The summed E-state index contributed by atoms with van der Waals surface area (Å²) in [5, 5.41) is 10.3. The summed E-state index contributed by atoms with van der Waals surface area (Å²) in [6.07, 6.45) is 0. The van der Waals surface area contributed by atoms with Gasteiger partial charge < -0.3 is 4.74 Å². The van der Waals surface area contributed by atoms with Crippen molar-refractivity contribution in [2.75, 3.05) is 6.61 Å². The number of ether oxygens (including phenoxy) is 1. The van der Waals surface area contributed by atoms with E-state index in [0.29, 0.717) is 16.1 Å². The van der Waals surface area contributed by atoms with Crippen LogP contribution in [0.3, 0.4) is 0 Å². The van der Waals surface area contributed by atoms with Gasteiger partial charge in [-0.3, -0.25) is 9.59 Å². The van der Waals surface area contributed by atoms with Crippen LogP contribution < -0.4 is 0 Å². The molecule has 0 heterocycles. The van der Waals surface area contributed by atoms with E-state index < -0.39 is 23.2 Å². The maximum absolute atomic E-state index is 13.0. The van der Waals surface area contributed by atoms with Crippen molar-refractivity contribution in [2.45, 2.75) is 12.8 Å². The van der Waals surface area contributed by atoms with Crippen molar-refractivity contribution < 1.29 is 14.3 Å². The number of rotatable bonds is 5. The number of hydrogen-bond donors (Lipinski definition) is 0. The molecule has 1 fully saturated rings. The maximum Gasteiger partial charge on any atom is 0.327 e. The number of halogens is 1. The first-order chi connectivity index (χ1) is 12.1. The molecule has 3 atom stereocenters. The average molecular weight is 354 g/mol. The Labute approximate surface area is 151 Å². The molecule has 5 heteroatoms. The minimum absolute atomic E-state index is 0.150. The van der Waals surface area contributed by atoms with Crippen molar-refractivity contribution in [1.29, 1.82) is 5.26 Å². The molecule has 0 saturated heterocycles. The van der Waals surface area contributed by atoms with Gasteiger partial charge in [-0.05, 0) is 24.6 Å². The quantitative estimate of drug-likeness (QED) is 0.601. The molecular weight excluding hydrogens is 338 g/mol. The molecule has 1 saturated carbocycles. The third-order valence-corrected chi connectivity index (χ3v) is 4.79. The van der Waals surface area contributed by atoms with Gasteiger partial charge in [0.15, 0.2) is 11.2 Å². The van der Waals surface area contributed by atoms with Crippen LogP contribution in [0.25, 0.3) is 0 Å². The Hall–Kier alpha value is -2.64. The van der Waals surface area contributed by atoms with Gasteiger partial charge in [0.2, 0.25) is 0 Å². The topological polar surface area (TPSA) is 67.2 Å². The van der Waals surface area contributed by atoms with Crippen molar-refractivity contribution in [3.8, 4) is 6.07 Å². The molecule has 1 aliphatic rings. The van der Waals surface area contributed by atoms with E-state index in [1.807, 2.05) is 0 Å². The molecule has 4 nitrogen and oxygen atoms in total. The fourth-order valence-corrected chi connectivity index (χ4v) is 3.57. The van der Waals surface area contributed by atoms with Crippen LogP contribution in [0, 0.1) is 22.7 Å². The first kappa shape index (κ1) is 17.2. The molecule has 0 radical (unpaired) electrons. The highest BCUT2D eigenvalue weighted by Crippen LogP contribution is 2.66. The summed E-state index contributed by atoms with van der Waals surface area (Å²) in [5.74, 6) is -2.24. The predicted octanol–water partition coefficient (Wildman–Crippen LogP) is 4.01. The molecular formula is C20H16ClNO3. The summed E-state index contributed by atoms with van der Waals surface area (Å²) in [6, 6.07) is 17.7. The summed E-state index contributed by atoms with van der Waals surface area (Å²) in [5.41, 5.74) is -0.342. The highest BCUT2D eigenvalue weighted by molar-refractivity contribution is 6.30. The standard InChI is InChI=1S/C20H16ClNO3/c1-2-25-19(24)20(12-22)16(14-9-6-10-15(21)11-14)17(20)18(23)13-7-4-3-5-8-13/h3-11,16-17H,2H2,1H3. The van der Waals surface area contributed by atoms with Crippen molar-refractivity contribution in [1.82, 2.24) is 0 Å². The number of carbonyl (C=O) groups excluding carboxylic acids is 2. The monoisotopic (exact) mass is 353 g/mol. The predicted molar refractivity (Wildman–Crippen MR) is 93.1 cm³/mol. The van der Waals surface area contributed by atoms with E-state index in [1.54, 1.807) is 61.5 Å². The lowest BCUT2D eigenvalue weighted by atomic mass is 9.99. The van der Waals surface area contributed by atoms with Crippen molar-refractivity contribution in [3.63, 3.8) is 0 Å². The lowest BCUT2D eigenvalue weighted by molar-refractivity contribution is -0.147. The van der Waals surface area contributed by atoms with Crippen LogP contribution in [0.15, 0.2) is 54.6 Å². The van der Waals surface area contributed by atoms with E-state index in [4.69, 9.17) is 16.3 Å². The molecule has 1 aliphatic carbocycles. The van der Waals surface area contributed by atoms with Crippen LogP contribution in [0.1, 0.15) is 28.8 Å². The van der Waals surface area contributed by atoms with Gasteiger partial charge in [0.1, 0.15) is 0 Å². The van der Waals surface area contributed by atoms with Crippen molar-refractivity contribution >= 4 is 23.4 Å². The van der Waals surface area contributed by atoms with Crippen LogP contribution in [-0.4, -0.2) is 18.4 Å². The zero-order valence-electron chi connectivity index (χ0n) is 13.6. The Morgan fingerprint density at radius 2 is 1.92 bits per heavy atom. The minimum Gasteiger partial charge on any atom is -0.465 e. The first-order valence-corrected chi connectivity index (χ1v) is 8.37. The molecule has 0 spiro atoms. The van der Waals surface area contributed by atoms with Gasteiger partial charge in [0, 0.05) is 16.5 Å². The molecule has 25 heavy (non-hydrogen) atoms. The molecule has 2 aromatic rings. The van der Waals surface area contributed by atoms with Gasteiger partial charge in [0.25, 0.3) is 0 Å². The number of Topliss-reactive ketones (excluding diaryl/α,β-unsaturated/α-hetero) is 1. The largest absolute Gasteiger partial charge is 0.465 e. The molecule has 0 amide bonds. The molecule has 0 aromatic heterocycles. The number of ketones is 1. The van der Waals surface area contributed by atoms with Crippen LogP contribution in [0.5, 0.6) is 0 Å². The van der Waals surface area contributed by atoms with E-state index in [1.165, 1.54) is 0 Å². The zero-order valence-corrected chi connectivity index (χ0v) is 14.4. The Morgan fingerprint density at radius 3 is 2.52 bits per heavy atom. The second-order valence-electron chi connectivity index (χ2n) is 5.94. The summed E-state index contributed by atoms with van der Waals surface area (Å²) in [6.45, 7) is 1.82. The lowest BCUT2D eigenvalue weighted by Gasteiger charge is -2.08. The molecule has 3 unspecified atom stereocenters. The van der Waals surface area contributed by atoms with Crippen LogP contribution in [0.4, 0.5) is 0 Å². The SMILES string of the molecule is CCOC(=O)C1(C#N)C(C(=O)c2ccccc2)C1c1cccc(Cl)c1. The highest BCUT2D eigenvalue weighted by Gasteiger charge is 2.75. The summed E-state index contributed by atoms with van der Waals surface area (Å²) in [7, 11) is 0. The molecule has 0 aliphatic heterocycles. The second kappa shape index (κ2) is 6.70. The molecule has 0 N–H and O–H groups in total. The van der Waals surface area contributed by atoms with Crippen molar-refractivity contribution in [3.05, 3.63) is 70.7 Å². The number of nitriles is 1. The van der Waals surface area contributed by atoms with Gasteiger partial charge in [-0.2, -0.15) is 5.26 Å². The van der Waals surface area contributed by atoms with E-state index >= 15 is 0 Å². The average Bonchev–Trinajstić information content (AvgIpc) is 3.32. The Balaban J connectivity index is 2.06. The fourth-order valence-electron chi connectivity index (χ4n) is 3.37. The number of nitrogens with zero attached hydrogens (tertiary/aromatic N) is 1. The molecule has 3 rings (SSSR count). The van der Waals surface area contributed by atoms with Gasteiger partial charge in [-0.25, -0.2) is 0 Å². The first-order valence-electron chi connectivity index (χ1n) is 7.99. The smallest absolute Gasteiger partial charge is 0.327 e. The third kappa shape index (κ3) is 2.81. The van der Waals surface area contributed by atoms with Crippen LogP contribution >= 0.6 is 11.6 Å². The van der Waals surface area contributed by atoms with Crippen molar-refractivity contribution in [2.24, 2.45) is 11.3 Å². The summed E-state index contributed by atoms with van der Waals surface area (Å²) in [4.78, 5) is 25.5. The van der Waals surface area contributed by atoms with Gasteiger partial charge in [-0.15, -0.1) is 0 Å². The third-order valence-electron chi connectivity index (χ3n) is 4.55. The number of esters is 1. The van der Waals surface area contributed by atoms with E-state index in [0.717, 1.165) is 0 Å². The van der Waals surface area contributed by atoms with Gasteiger partial charge >= 0.3 is 5.97 Å². The maximum atomic E-state index is 13.0. The van der Waals surface area contributed by atoms with Crippen LogP contribution in [-0.2, 0) is 9.53 Å². The van der Waals surface area contributed by atoms with Gasteiger partial charge in [0.05, 0.1) is 18.6 Å².